The lowest BCUT2D eigenvalue weighted by molar-refractivity contribution is -0.400. The minimum atomic E-state index is -0.566. The van der Waals surface area contributed by atoms with Crippen LogP contribution in [0, 0.1) is 21.7 Å². The van der Waals surface area contributed by atoms with Crippen molar-refractivity contribution in [1.29, 1.82) is 0 Å². The van der Waals surface area contributed by atoms with E-state index in [1.165, 1.54) is 42.5 Å². The van der Waals surface area contributed by atoms with Crippen molar-refractivity contribution in [2.24, 2.45) is 5.73 Å². The fourth-order valence-electron chi connectivity index (χ4n) is 1.54. The van der Waals surface area contributed by atoms with E-state index in [4.69, 9.17) is 5.73 Å². The van der Waals surface area contributed by atoms with E-state index < -0.39 is 4.92 Å². The number of hydrogen-bond donors (Lipinski definition) is 1. The third-order valence-electron chi connectivity index (χ3n) is 2.60. The molecule has 2 aromatic rings. The second kappa shape index (κ2) is 9.36. The number of halogens is 2. The SMILES string of the molecule is NCCc1ccc(F)cc1.O=[N+]([O-])/C=C/c1ccc(F)cc1. The van der Waals surface area contributed by atoms with Gasteiger partial charge in [0.1, 0.15) is 11.6 Å². The van der Waals surface area contributed by atoms with E-state index >= 15 is 0 Å². The Morgan fingerprint density at radius 2 is 1.50 bits per heavy atom. The van der Waals surface area contributed by atoms with Gasteiger partial charge in [-0.3, -0.25) is 10.1 Å². The van der Waals surface area contributed by atoms with Gasteiger partial charge in [-0.05, 0) is 48.4 Å². The summed E-state index contributed by atoms with van der Waals surface area (Å²) < 4.78 is 24.6. The summed E-state index contributed by atoms with van der Waals surface area (Å²) in [6, 6.07) is 11.8. The zero-order chi connectivity index (χ0) is 16.4. The maximum Gasteiger partial charge on any atom is 0.235 e. The van der Waals surface area contributed by atoms with Crippen molar-refractivity contribution in [3.63, 3.8) is 0 Å². The number of nitro groups is 1. The number of hydrogen-bond acceptors (Lipinski definition) is 3. The van der Waals surface area contributed by atoms with Crippen LogP contribution in [0.15, 0.2) is 54.7 Å². The van der Waals surface area contributed by atoms with Crippen LogP contribution < -0.4 is 5.73 Å². The molecule has 0 radical (unpaired) electrons. The molecule has 0 aliphatic heterocycles. The highest BCUT2D eigenvalue weighted by Gasteiger charge is 1.91. The number of nitrogens with zero attached hydrogens (tertiary/aromatic N) is 1. The van der Waals surface area contributed by atoms with Gasteiger partial charge in [-0.25, -0.2) is 8.78 Å². The molecule has 0 aromatic heterocycles. The first-order valence-electron chi connectivity index (χ1n) is 6.53. The molecule has 0 saturated carbocycles. The predicted octanol–water partition coefficient (Wildman–Crippen LogP) is 3.40. The average Bonchev–Trinajstić information content (AvgIpc) is 2.50. The summed E-state index contributed by atoms with van der Waals surface area (Å²) in [7, 11) is 0. The molecule has 2 aromatic carbocycles. The Kier molecular flexibility index (Phi) is 7.42. The maximum absolute atomic E-state index is 12.3. The molecule has 0 spiro atoms. The summed E-state index contributed by atoms with van der Waals surface area (Å²) in [5.74, 6) is -0.547. The van der Waals surface area contributed by atoms with Gasteiger partial charge in [0, 0.05) is 6.08 Å². The third kappa shape index (κ3) is 7.25. The molecule has 0 fully saturated rings. The fourth-order valence-corrected chi connectivity index (χ4v) is 1.54. The van der Waals surface area contributed by atoms with Crippen molar-refractivity contribution in [2.45, 2.75) is 6.42 Å². The Balaban J connectivity index is 0.000000224. The Hall–Kier alpha value is -2.60. The first-order valence-corrected chi connectivity index (χ1v) is 6.53. The van der Waals surface area contributed by atoms with Crippen LogP contribution in [0.3, 0.4) is 0 Å². The van der Waals surface area contributed by atoms with Gasteiger partial charge in [-0.15, -0.1) is 0 Å². The molecular formula is C16H16F2N2O2. The molecule has 0 saturated heterocycles. The van der Waals surface area contributed by atoms with Gasteiger partial charge in [0.2, 0.25) is 6.20 Å². The standard InChI is InChI=1S/C8H6FNO2.C8H10FN/c9-8-3-1-7(2-4-8)5-6-10(11)12;9-8-3-1-7(2-4-8)5-6-10/h1-6H;1-4H,5-6,10H2/b6-5+;. The molecule has 2 rings (SSSR count). The normalized spacial score (nSPS) is 10.1. The monoisotopic (exact) mass is 306 g/mol. The molecule has 22 heavy (non-hydrogen) atoms. The van der Waals surface area contributed by atoms with Crippen LogP contribution in [0.25, 0.3) is 6.08 Å². The van der Waals surface area contributed by atoms with E-state index in [0.29, 0.717) is 12.1 Å². The molecule has 0 amide bonds. The van der Waals surface area contributed by atoms with E-state index in [1.807, 2.05) is 0 Å². The topological polar surface area (TPSA) is 69.2 Å². The third-order valence-corrected chi connectivity index (χ3v) is 2.60. The number of nitrogens with two attached hydrogens (primary N) is 1. The number of rotatable bonds is 4. The summed E-state index contributed by atoms with van der Waals surface area (Å²) in [5, 5.41) is 9.88. The summed E-state index contributed by atoms with van der Waals surface area (Å²) in [6.07, 6.45) is 2.94. The first kappa shape index (κ1) is 17.5. The smallest absolute Gasteiger partial charge is 0.235 e. The molecule has 0 atom stereocenters. The van der Waals surface area contributed by atoms with Crippen molar-refractivity contribution >= 4 is 6.08 Å². The first-order chi connectivity index (χ1) is 10.5. The summed E-state index contributed by atoms with van der Waals surface area (Å²) >= 11 is 0. The minimum absolute atomic E-state index is 0.194. The summed E-state index contributed by atoms with van der Waals surface area (Å²) in [4.78, 5) is 9.32. The van der Waals surface area contributed by atoms with E-state index in [2.05, 4.69) is 0 Å². The molecule has 0 bridgehead atoms. The molecule has 116 valence electrons. The van der Waals surface area contributed by atoms with Crippen LogP contribution in [0.4, 0.5) is 8.78 Å². The molecule has 0 heterocycles. The van der Waals surface area contributed by atoms with E-state index in [9.17, 15) is 18.9 Å². The second-order valence-corrected chi connectivity index (χ2v) is 4.32. The van der Waals surface area contributed by atoms with E-state index in [-0.39, 0.29) is 11.6 Å². The zero-order valence-electron chi connectivity index (χ0n) is 11.8. The highest BCUT2D eigenvalue weighted by atomic mass is 19.1. The van der Waals surface area contributed by atoms with Crippen LogP contribution in [0.2, 0.25) is 0 Å². The molecule has 0 aliphatic carbocycles. The fraction of sp³-hybridized carbons (Fsp3) is 0.125. The van der Waals surface area contributed by atoms with Crippen LogP contribution >= 0.6 is 0 Å². The second-order valence-electron chi connectivity index (χ2n) is 4.32. The lowest BCUT2D eigenvalue weighted by atomic mass is 10.1. The van der Waals surface area contributed by atoms with Gasteiger partial charge in [0.05, 0.1) is 4.92 Å². The van der Waals surface area contributed by atoms with Crippen molar-refractivity contribution in [1.82, 2.24) is 0 Å². The molecular weight excluding hydrogens is 290 g/mol. The quantitative estimate of drug-likeness (QED) is 0.695. The minimum Gasteiger partial charge on any atom is -0.330 e. The molecule has 0 unspecified atom stereocenters. The van der Waals surface area contributed by atoms with Gasteiger partial charge in [-0.2, -0.15) is 0 Å². The Morgan fingerprint density at radius 1 is 1.00 bits per heavy atom. The van der Waals surface area contributed by atoms with E-state index in [1.54, 1.807) is 12.1 Å². The van der Waals surface area contributed by atoms with Crippen molar-refractivity contribution in [3.05, 3.63) is 87.6 Å². The van der Waals surface area contributed by atoms with Gasteiger partial charge < -0.3 is 5.73 Å². The lowest BCUT2D eigenvalue weighted by Gasteiger charge is -1.95. The summed E-state index contributed by atoms with van der Waals surface area (Å²) in [5.41, 5.74) is 7.00. The van der Waals surface area contributed by atoms with Gasteiger partial charge in [0.25, 0.3) is 0 Å². The Bertz CT molecular complexity index is 611. The predicted molar refractivity (Wildman–Crippen MR) is 81.6 cm³/mol. The zero-order valence-corrected chi connectivity index (χ0v) is 11.8. The van der Waals surface area contributed by atoms with Crippen molar-refractivity contribution in [3.8, 4) is 0 Å². The van der Waals surface area contributed by atoms with Crippen LogP contribution in [0.5, 0.6) is 0 Å². The van der Waals surface area contributed by atoms with Gasteiger partial charge >= 0.3 is 0 Å². The van der Waals surface area contributed by atoms with Crippen LogP contribution in [-0.2, 0) is 6.42 Å². The van der Waals surface area contributed by atoms with Gasteiger partial charge in [0.15, 0.2) is 0 Å². The largest absolute Gasteiger partial charge is 0.330 e. The van der Waals surface area contributed by atoms with E-state index in [0.717, 1.165) is 18.2 Å². The molecule has 4 nitrogen and oxygen atoms in total. The lowest BCUT2D eigenvalue weighted by Crippen LogP contribution is -2.02. The Labute approximate surface area is 127 Å². The number of benzene rings is 2. The van der Waals surface area contributed by atoms with Crippen molar-refractivity contribution < 1.29 is 13.7 Å². The van der Waals surface area contributed by atoms with Gasteiger partial charge in [-0.1, -0.05) is 24.3 Å². The van der Waals surface area contributed by atoms with Crippen LogP contribution in [0.1, 0.15) is 11.1 Å². The molecule has 6 heteroatoms. The van der Waals surface area contributed by atoms with Crippen molar-refractivity contribution in [2.75, 3.05) is 6.54 Å². The maximum atomic E-state index is 12.3. The highest BCUT2D eigenvalue weighted by Crippen LogP contribution is 2.04. The highest BCUT2D eigenvalue weighted by molar-refractivity contribution is 5.47. The molecule has 2 N–H and O–H groups in total. The van der Waals surface area contributed by atoms with Crippen LogP contribution in [-0.4, -0.2) is 11.5 Å². The Morgan fingerprint density at radius 3 is 1.95 bits per heavy atom. The molecule has 0 aliphatic rings. The average molecular weight is 306 g/mol. The summed E-state index contributed by atoms with van der Waals surface area (Å²) in [6.45, 7) is 0.617.